The molecule has 0 aliphatic carbocycles. The minimum atomic E-state index is -0.550. The predicted molar refractivity (Wildman–Crippen MR) is 109 cm³/mol. The third-order valence-corrected chi connectivity index (χ3v) is 6.03. The van der Waals surface area contributed by atoms with E-state index >= 15 is 0 Å². The van der Waals surface area contributed by atoms with E-state index in [1.165, 1.54) is 6.07 Å². The monoisotopic (exact) mass is 428 g/mol. The van der Waals surface area contributed by atoms with Crippen LogP contribution >= 0.6 is 11.7 Å². The van der Waals surface area contributed by atoms with Gasteiger partial charge in [0.15, 0.2) is 5.82 Å². The first kappa shape index (κ1) is 19.3. The van der Waals surface area contributed by atoms with E-state index in [1.807, 2.05) is 6.20 Å². The summed E-state index contributed by atoms with van der Waals surface area (Å²) in [6.45, 7) is 4.70. The number of aromatic nitrogens is 5. The fourth-order valence-corrected chi connectivity index (χ4v) is 4.29. The SMILES string of the molecule is CC1c2cnc(-c3cnsn3)nc2CCN1c1cc(OCC2CCOC2)cc(F)n1. The number of ether oxygens (including phenoxy) is 2. The van der Waals surface area contributed by atoms with Crippen LogP contribution in [-0.4, -0.2) is 50.1 Å². The van der Waals surface area contributed by atoms with Crippen molar-refractivity contribution in [3.8, 4) is 17.3 Å². The van der Waals surface area contributed by atoms with Crippen molar-refractivity contribution in [3.05, 3.63) is 41.7 Å². The second-order valence-electron chi connectivity index (χ2n) is 7.53. The number of rotatable bonds is 5. The van der Waals surface area contributed by atoms with Crippen LogP contribution in [0.25, 0.3) is 11.5 Å². The summed E-state index contributed by atoms with van der Waals surface area (Å²) in [4.78, 5) is 15.3. The molecule has 2 aliphatic rings. The van der Waals surface area contributed by atoms with E-state index in [1.54, 1.807) is 12.3 Å². The molecule has 0 bridgehead atoms. The molecule has 0 amide bonds. The van der Waals surface area contributed by atoms with E-state index < -0.39 is 5.95 Å². The normalized spacial score (nSPS) is 20.9. The molecule has 2 atom stereocenters. The molecule has 0 saturated carbocycles. The Balaban J connectivity index is 1.36. The van der Waals surface area contributed by atoms with Crippen LogP contribution in [0.2, 0.25) is 0 Å². The Hall–Kier alpha value is -2.72. The highest BCUT2D eigenvalue weighted by Crippen LogP contribution is 2.34. The lowest BCUT2D eigenvalue weighted by atomic mass is 9.99. The first-order valence-corrected chi connectivity index (χ1v) is 10.7. The van der Waals surface area contributed by atoms with Crippen molar-refractivity contribution in [3.63, 3.8) is 0 Å². The molecule has 8 nitrogen and oxygen atoms in total. The molecule has 0 spiro atoms. The van der Waals surface area contributed by atoms with E-state index in [4.69, 9.17) is 9.47 Å². The van der Waals surface area contributed by atoms with Gasteiger partial charge in [0, 0.05) is 49.4 Å². The molecule has 5 rings (SSSR count). The van der Waals surface area contributed by atoms with Crippen molar-refractivity contribution in [1.82, 2.24) is 23.7 Å². The van der Waals surface area contributed by atoms with Crippen LogP contribution in [0.5, 0.6) is 5.75 Å². The number of pyridine rings is 1. The van der Waals surface area contributed by atoms with Gasteiger partial charge >= 0.3 is 0 Å². The molecule has 30 heavy (non-hydrogen) atoms. The summed E-state index contributed by atoms with van der Waals surface area (Å²) in [7, 11) is 0. The molecular formula is C20H21FN6O2S. The van der Waals surface area contributed by atoms with Crippen molar-refractivity contribution >= 4 is 17.5 Å². The lowest BCUT2D eigenvalue weighted by molar-refractivity contribution is 0.167. The summed E-state index contributed by atoms with van der Waals surface area (Å²) in [5.41, 5.74) is 2.66. The molecule has 2 unspecified atom stereocenters. The molecule has 0 N–H and O–H groups in total. The highest BCUT2D eigenvalue weighted by Gasteiger charge is 2.28. The van der Waals surface area contributed by atoms with E-state index in [9.17, 15) is 4.39 Å². The van der Waals surface area contributed by atoms with Crippen LogP contribution in [0.1, 0.15) is 30.6 Å². The first-order valence-electron chi connectivity index (χ1n) is 9.96. The van der Waals surface area contributed by atoms with E-state index in [0.29, 0.717) is 55.2 Å². The molecule has 3 aromatic heterocycles. The van der Waals surface area contributed by atoms with Crippen molar-refractivity contribution in [2.75, 3.05) is 31.3 Å². The Kier molecular flexibility index (Phi) is 5.26. The van der Waals surface area contributed by atoms with Gasteiger partial charge in [0.2, 0.25) is 5.95 Å². The summed E-state index contributed by atoms with van der Waals surface area (Å²) in [6.07, 6.45) is 5.17. The number of halogens is 1. The van der Waals surface area contributed by atoms with Gasteiger partial charge in [-0.2, -0.15) is 13.1 Å². The summed E-state index contributed by atoms with van der Waals surface area (Å²) >= 11 is 1.13. The zero-order chi connectivity index (χ0) is 20.5. The van der Waals surface area contributed by atoms with E-state index in [-0.39, 0.29) is 6.04 Å². The molecule has 3 aromatic rings. The maximum absolute atomic E-state index is 14.2. The molecule has 156 valence electrons. The molecule has 5 heterocycles. The van der Waals surface area contributed by atoms with Crippen molar-refractivity contribution in [2.45, 2.75) is 25.8 Å². The fraction of sp³-hybridized carbons (Fsp3) is 0.450. The number of anilines is 1. The van der Waals surface area contributed by atoms with Gasteiger partial charge in [0.05, 0.1) is 42.9 Å². The Labute approximate surface area is 177 Å². The predicted octanol–water partition coefficient (Wildman–Crippen LogP) is 3.07. The minimum Gasteiger partial charge on any atom is -0.493 e. The highest BCUT2D eigenvalue weighted by atomic mass is 32.1. The third kappa shape index (κ3) is 3.84. The smallest absolute Gasteiger partial charge is 0.218 e. The van der Waals surface area contributed by atoms with Gasteiger partial charge in [-0.3, -0.25) is 0 Å². The van der Waals surface area contributed by atoms with Gasteiger partial charge < -0.3 is 14.4 Å². The van der Waals surface area contributed by atoms with Crippen LogP contribution in [0.3, 0.4) is 0 Å². The van der Waals surface area contributed by atoms with Crippen LogP contribution in [0.4, 0.5) is 10.2 Å². The summed E-state index contributed by atoms with van der Waals surface area (Å²) in [6, 6.07) is 3.09. The molecule has 2 aliphatic heterocycles. The Bertz CT molecular complexity index is 1030. The highest BCUT2D eigenvalue weighted by molar-refractivity contribution is 6.99. The maximum atomic E-state index is 14.2. The zero-order valence-corrected chi connectivity index (χ0v) is 17.3. The van der Waals surface area contributed by atoms with Gasteiger partial charge in [-0.25, -0.2) is 15.0 Å². The molecule has 0 radical (unpaired) electrons. The van der Waals surface area contributed by atoms with E-state index in [2.05, 4.69) is 35.5 Å². The fourth-order valence-electron chi connectivity index (χ4n) is 3.88. The van der Waals surface area contributed by atoms with Crippen LogP contribution < -0.4 is 9.64 Å². The zero-order valence-electron chi connectivity index (χ0n) is 16.5. The van der Waals surface area contributed by atoms with Gasteiger partial charge in [0.1, 0.15) is 17.3 Å². The van der Waals surface area contributed by atoms with Crippen molar-refractivity contribution in [2.24, 2.45) is 5.92 Å². The lowest BCUT2D eigenvalue weighted by Crippen LogP contribution is -2.35. The quantitative estimate of drug-likeness (QED) is 0.573. The molecule has 1 saturated heterocycles. The van der Waals surface area contributed by atoms with Crippen molar-refractivity contribution in [1.29, 1.82) is 0 Å². The molecule has 0 aromatic carbocycles. The number of nitrogens with zero attached hydrogens (tertiary/aromatic N) is 6. The van der Waals surface area contributed by atoms with Gasteiger partial charge in [-0.15, -0.1) is 0 Å². The second kappa shape index (κ2) is 8.19. The Morgan fingerprint density at radius 2 is 2.23 bits per heavy atom. The average molecular weight is 428 g/mol. The topological polar surface area (TPSA) is 86.2 Å². The Morgan fingerprint density at radius 3 is 3.03 bits per heavy atom. The Morgan fingerprint density at radius 1 is 1.30 bits per heavy atom. The van der Waals surface area contributed by atoms with Crippen LogP contribution in [-0.2, 0) is 11.2 Å². The number of fused-ring (bicyclic) bond motifs is 1. The second-order valence-corrected chi connectivity index (χ2v) is 8.09. The molecule has 1 fully saturated rings. The van der Waals surface area contributed by atoms with Crippen molar-refractivity contribution < 1.29 is 13.9 Å². The largest absolute Gasteiger partial charge is 0.493 e. The lowest BCUT2D eigenvalue weighted by Gasteiger charge is -2.35. The van der Waals surface area contributed by atoms with Crippen LogP contribution in [0.15, 0.2) is 24.5 Å². The minimum absolute atomic E-state index is 0.0401. The van der Waals surface area contributed by atoms with Crippen LogP contribution in [0, 0.1) is 11.9 Å². The number of hydrogen-bond donors (Lipinski definition) is 0. The third-order valence-electron chi connectivity index (χ3n) is 5.56. The summed E-state index contributed by atoms with van der Waals surface area (Å²) in [5, 5.41) is 0. The van der Waals surface area contributed by atoms with Gasteiger partial charge in [-0.1, -0.05) is 0 Å². The first-order chi connectivity index (χ1) is 14.7. The summed E-state index contributed by atoms with van der Waals surface area (Å²) < 4.78 is 33.7. The standard InChI is InChI=1S/C20H21FN6O2S/c1-12-15-8-22-20(17-9-23-30-26-17)24-16(15)2-4-27(12)19-7-14(6-18(21)25-19)29-11-13-3-5-28-10-13/h6-9,12-13H,2-5,10-11H2,1H3. The number of hydrogen-bond acceptors (Lipinski definition) is 9. The molecule has 10 heteroatoms. The van der Waals surface area contributed by atoms with Gasteiger partial charge in [-0.05, 0) is 13.3 Å². The summed E-state index contributed by atoms with van der Waals surface area (Å²) in [5.74, 6) is 1.43. The molecular weight excluding hydrogens is 407 g/mol. The maximum Gasteiger partial charge on any atom is 0.218 e. The van der Waals surface area contributed by atoms with E-state index in [0.717, 1.165) is 36.0 Å². The van der Waals surface area contributed by atoms with Gasteiger partial charge in [0.25, 0.3) is 0 Å². The average Bonchev–Trinajstić information content (AvgIpc) is 3.46.